The number of rotatable bonds is 4. The Morgan fingerprint density at radius 2 is 2.22 bits per heavy atom. The molecule has 2 nitrogen and oxygen atoms in total. The first-order valence-electron chi connectivity index (χ1n) is 6.34. The van der Waals surface area contributed by atoms with Crippen molar-refractivity contribution in [2.24, 2.45) is 0 Å². The summed E-state index contributed by atoms with van der Waals surface area (Å²) < 4.78 is 1.24. The maximum Gasteiger partial charge on any atom is 0.0248 e. The quantitative estimate of drug-likeness (QED) is 0.909. The van der Waals surface area contributed by atoms with Gasteiger partial charge in [0.25, 0.3) is 0 Å². The maximum absolute atomic E-state index is 3.67. The third-order valence-electron chi connectivity index (χ3n) is 3.52. The Hall–Kier alpha value is -0.0900. The van der Waals surface area contributed by atoms with Gasteiger partial charge in [0.2, 0.25) is 0 Å². The van der Waals surface area contributed by atoms with Gasteiger partial charge >= 0.3 is 0 Å². The monoisotopic (exact) mass is 332 g/mol. The molecule has 1 heterocycles. The molecular formula is C14H22BrClN2. The average molecular weight is 334 g/mol. The van der Waals surface area contributed by atoms with Crippen molar-refractivity contribution in [1.82, 2.24) is 10.2 Å². The molecule has 0 saturated carbocycles. The van der Waals surface area contributed by atoms with Crippen LogP contribution in [-0.2, 0) is 6.54 Å². The molecule has 1 saturated heterocycles. The van der Waals surface area contributed by atoms with Crippen molar-refractivity contribution in [1.29, 1.82) is 0 Å². The molecular weight excluding hydrogens is 312 g/mol. The van der Waals surface area contributed by atoms with E-state index >= 15 is 0 Å². The Bertz CT molecular complexity index is 384. The van der Waals surface area contributed by atoms with Gasteiger partial charge in [0.15, 0.2) is 0 Å². The molecule has 0 spiro atoms. The van der Waals surface area contributed by atoms with Gasteiger partial charge in [-0.2, -0.15) is 0 Å². The zero-order valence-electron chi connectivity index (χ0n) is 11.1. The molecule has 1 aliphatic heterocycles. The van der Waals surface area contributed by atoms with Crippen LogP contribution in [0.3, 0.4) is 0 Å². The summed E-state index contributed by atoms with van der Waals surface area (Å²) in [6, 6.07) is 7.35. The third kappa shape index (κ3) is 3.95. The molecule has 0 aromatic heterocycles. The molecule has 1 atom stereocenters. The molecule has 1 aromatic rings. The van der Waals surface area contributed by atoms with Crippen molar-refractivity contribution < 1.29 is 0 Å². The van der Waals surface area contributed by atoms with Gasteiger partial charge in [0.05, 0.1) is 0 Å². The molecule has 1 fully saturated rings. The van der Waals surface area contributed by atoms with Crippen LogP contribution in [0.4, 0.5) is 0 Å². The summed E-state index contributed by atoms with van der Waals surface area (Å²) in [6.07, 6.45) is 2.65. The van der Waals surface area contributed by atoms with Crippen molar-refractivity contribution in [3.05, 3.63) is 33.8 Å². The number of likely N-dealkylation sites (N-methyl/N-ethyl adjacent to an activating group) is 1. The minimum Gasteiger partial charge on any atom is -0.318 e. The third-order valence-corrected chi connectivity index (χ3v) is 4.26. The molecule has 2 rings (SSSR count). The van der Waals surface area contributed by atoms with E-state index in [2.05, 4.69) is 51.3 Å². The summed E-state index contributed by atoms with van der Waals surface area (Å²) in [4.78, 5) is 2.59. The second-order valence-electron chi connectivity index (χ2n) is 4.92. The van der Waals surface area contributed by atoms with Crippen LogP contribution in [0.5, 0.6) is 0 Å². The fraction of sp³-hybridized carbons (Fsp3) is 0.571. The number of nitrogens with zero attached hydrogens (tertiary/aromatic N) is 1. The standard InChI is InChI=1S/C14H21BrN2.ClH/c1-11-5-6-12(14(15)8-11)10-17-7-3-4-13(17)9-16-2;/h5-6,8,13,16H,3-4,7,9-10H2,1-2H3;1H. The van der Waals surface area contributed by atoms with Gasteiger partial charge in [-0.05, 0) is 50.6 Å². The second-order valence-corrected chi connectivity index (χ2v) is 5.77. The van der Waals surface area contributed by atoms with Crippen LogP contribution in [0.25, 0.3) is 0 Å². The summed E-state index contributed by atoms with van der Waals surface area (Å²) >= 11 is 3.67. The molecule has 102 valence electrons. The molecule has 1 aromatic carbocycles. The molecule has 18 heavy (non-hydrogen) atoms. The Balaban J connectivity index is 0.00000162. The molecule has 4 heteroatoms. The summed E-state index contributed by atoms with van der Waals surface area (Å²) in [6.45, 7) is 5.53. The number of aryl methyl sites for hydroxylation is 1. The van der Waals surface area contributed by atoms with Crippen molar-refractivity contribution in [3.8, 4) is 0 Å². The minimum absolute atomic E-state index is 0. The van der Waals surface area contributed by atoms with E-state index in [0.29, 0.717) is 6.04 Å². The smallest absolute Gasteiger partial charge is 0.0248 e. The Kier molecular flexibility index (Phi) is 6.64. The second kappa shape index (κ2) is 7.49. The first kappa shape index (κ1) is 16.0. The lowest BCUT2D eigenvalue weighted by Crippen LogP contribution is -2.36. The van der Waals surface area contributed by atoms with E-state index in [0.717, 1.165) is 13.1 Å². The van der Waals surface area contributed by atoms with Crippen molar-refractivity contribution in [2.45, 2.75) is 32.4 Å². The van der Waals surface area contributed by atoms with Crippen LogP contribution in [0, 0.1) is 6.92 Å². The first-order valence-corrected chi connectivity index (χ1v) is 7.13. The fourth-order valence-electron chi connectivity index (χ4n) is 2.57. The largest absolute Gasteiger partial charge is 0.318 e. The zero-order chi connectivity index (χ0) is 12.3. The summed E-state index contributed by atoms with van der Waals surface area (Å²) in [5.74, 6) is 0. The Labute approximate surface area is 125 Å². The highest BCUT2D eigenvalue weighted by Crippen LogP contribution is 2.24. The molecule has 1 N–H and O–H groups in total. The molecule has 0 aliphatic carbocycles. The van der Waals surface area contributed by atoms with Gasteiger partial charge in [0, 0.05) is 23.6 Å². The van der Waals surface area contributed by atoms with Crippen molar-refractivity contribution in [3.63, 3.8) is 0 Å². The SMILES string of the molecule is CNCC1CCCN1Cc1ccc(C)cc1Br.Cl. The van der Waals surface area contributed by atoms with E-state index in [9.17, 15) is 0 Å². The molecule has 0 amide bonds. The van der Waals surface area contributed by atoms with E-state index in [-0.39, 0.29) is 12.4 Å². The van der Waals surface area contributed by atoms with Crippen LogP contribution < -0.4 is 5.32 Å². The Morgan fingerprint density at radius 1 is 1.44 bits per heavy atom. The number of benzene rings is 1. The van der Waals surface area contributed by atoms with Gasteiger partial charge in [-0.1, -0.05) is 28.1 Å². The van der Waals surface area contributed by atoms with Gasteiger partial charge in [-0.25, -0.2) is 0 Å². The topological polar surface area (TPSA) is 15.3 Å². The number of nitrogens with one attached hydrogen (secondary N) is 1. The van der Waals surface area contributed by atoms with Crippen LogP contribution >= 0.6 is 28.3 Å². The molecule has 0 bridgehead atoms. The molecule has 1 unspecified atom stereocenters. The van der Waals surface area contributed by atoms with E-state index in [1.165, 1.54) is 35.0 Å². The summed E-state index contributed by atoms with van der Waals surface area (Å²) in [5, 5.41) is 3.30. The van der Waals surface area contributed by atoms with E-state index in [4.69, 9.17) is 0 Å². The van der Waals surface area contributed by atoms with Crippen molar-refractivity contribution >= 4 is 28.3 Å². The normalized spacial score (nSPS) is 19.8. The van der Waals surface area contributed by atoms with Crippen LogP contribution in [0.2, 0.25) is 0 Å². The van der Waals surface area contributed by atoms with E-state index in [1.807, 2.05) is 7.05 Å². The average Bonchev–Trinajstić information content (AvgIpc) is 2.71. The van der Waals surface area contributed by atoms with Gasteiger partial charge in [0.1, 0.15) is 0 Å². The predicted octanol–water partition coefficient (Wildman–Crippen LogP) is 3.36. The lowest BCUT2D eigenvalue weighted by Gasteiger charge is -2.24. The maximum atomic E-state index is 3.67. The highest BCUT2D eigenvalue weighted by molar-refractivity contribution is 9.10. The number of likely N-dealkylation sites (tertiary alicyclic amines) is 1. The van der Waals surface area contributed by atoms with E-state index in [1.54, 1.807) is 0 Å². The van der Waals surface area contributed by atoms with E-state index < -0.39 is 0 Å². The minimum atomic E-state index is 0. The molecule has 0 radical (unpaired) electrons. The lowest BCUT2D eigenvalue weighted by molar-refractivity contribution is 0.242. The predicted molar refractivity (Wildman–Crippen MR) is 83.5 cm³/mol. The van der Waals surface area contributed by atoms with Gasteiger partial charge < -0.3 is 5.32 Å². The van der Waals surface area contributed by atoms with Crippen LogP contribution in [0.1, 0.15) is 24.0 Å². The highest BCUT2D eigenvalue weighted by atomic mass is 79.9. The molecule has 1 aliphatic rings. The number of hydrogen-bond donors (Lipinski definition) is 1. The zero-order valence-corrected chi connectivity index (χ0v) is 13.5. The van der Waals surface area contributed by atoms with Crippen molar-refractivity contribution in [2.75, 3.05) is 20.1 Å². The van der Waals surface area contributed by atoms with Gasteiger partial charge in [-0.15, -0.1) is 12.4 Å². The summed E-state index contributed by atoms with van der Waals surface area (Å²) in [5.41, 5.74) is 2.72. The summed E-state index contributed by atoms with van der Waals surface area (Å²) in [7, 11) is 2.04. The number of halogens is 2. The lowest BCUT2D eigenvalue weighted by atomic mass is 10.1. The number of hydrogen-bond acceptors (Lipinski definition) is 2. The van der Waals surface area contributed by atoms with Crippen LogP contribution in [-0.4, -0.2) is 31.1 Å². The Morgan fingerprint density at radius 3 is 2.89 bits per heavy atom. The first-order chi connectivity index (χ1) is 8.20. The fourth-order valence-corrected chi connectivity index (χ4v) is 3.19. The van der Waals surface area contributed by atoms with Gasteiger partial charge in [-0.3, -0.25) is 4.90 Å². The highest BCUT2D eigenvalue weighted by Gasteiger charge is 2.23. The van der Waals surface area contributed by atoms with Crippen LogP contribution in [0.15, 0.2) is 22.7 Å².